The average molecular weight is 364 g/mol. The van der Waals surface area contributed by atoms with E-state index in [1.54, 1.807) is 6.33 Å². The van der Waals surface area contributed by atoms with E-state index < -0.39 is 10.1 Å². The van der Waals surface area contributed by atoms with E-state index >= 15 is 0 Å². The Morgan fingerprint density at radius 1 is 1.48 bits per heavy atom. The van der Waals surface area contributed by atoms with Gasteiger partial charge in [-0.2, -0.15) is 0 Å². The van der Waals surface area contributed by atoms with Gasteiger partial charge in [0.25, 0.3) is 0 Å². The maximum absolute atomic E-state index is 12.8. The lowest BCUT2D eigenvalue weighted by atomic mass is 9.83. The Morgan fingerprint density at radius 3 is 3.00 bits per heavy atom. The number of aromatic amines is 1. The van der Waals surface area contributed by atoms with E-state index in [9.17, 15) is 4.21 Å². The molecule has 138 valence electrons. The molecule has 0 spiro atoms. The molecule has 0 bridgehead atoms. The lowest BCUT2D eigenvalue weighted by Gasteiger charge is -2.33. The monoisotopic (exact) mass is 363 g/mol. The van der Waals surface area contributed by atoms with Crippen molar-refractivity contribution in [2.24, 2.45) is 11.3 Å². The summed E-state index contributed by atoms with van der Waals surface area (Å²) in [5.74, 6) is 2.39. The maximum atomic E-state index is 12.8. The quantitative estimate of drug-likeness (QED) is 0.817. The van der Waals surface area contributed by atoms with Crippen molar-refractivity contribution < 1.29 is 4.21 Å². The molecule has 0 radical (unpaired) electrons. The van der Waals surface area contributed by atoms with Gasteiger partial charge in [-0.1, -0.05) is 24.0 Å². The second kappa shape index (κ2) is 5.77. The van der Waals surface area contributed by atoms with Crippen molar-refractivity contribution in [1.82, 2.24) is 19.3 Å². The SMILES string of the molecule is CC[SH](C)(=O)N1C[C@H]2C[C@@H](N(C)c3ncnc4[nH]ccc34)C[C@@]2(C)C1. The van der Waals surface area contributed by atoms with Crippen LogP contribution in [-0.2, 0) is 10.1 Å². The van der Waals surface area contributed by atoms with Crippen LogP contribution in [0.5, 0.6) is 0 Å². The molecule has 1 aliphatic carbocycles. The molecule has 2 aromatic rings. The van der Waals surface area contributed by atoms with Crippen LogP contribution in [0, 0.1) is 11.3 Å². The molecule has 2 fully saturated rings. The number of rotatable bonds is 4. The van der Waals surface area contributed by atoms with Crippen molar-refractivity contribution in [3.8, 4) is 0 Å². The number of nitrogens with one attached hydrogen (secondary N) is 1. The molecule has 25 heavy (non-hydrogen) atoms. The first kappa shape index (κ1) is 17.0. The van der Waals surface area contributed by atoms with Crippen molar-refractivity contribution in [2.45, 2.75) is 32.7 Å². The van der Waals surface area contributed by atoms with Gasteiger partial charge < -0.3 is 9.88 Å². The number of aromatic nitrogens is 3. The minimum Gasteiger partial charge on any atom is -0.356 e. The molecular formula is C18H29N5OS. The van der Waals surface area contributed by atoms with Crippen molar-refractivity contribution in [3.05, 3.63) is 18.6 Å². The van der Waals surface area contributed by atoms with Crippen LogP contribution in [0.3, 0.4) is 0 Å². The molecule has 0 aromatic carbocycles. The molecule has 3 atom stereocenters. The predicted molar refractivity (Wildman–Crippen MR) is 104 cm³/mol. The van der Waals surface area contributed by atoms with Crippen LogP contribution in [0.15, 0.2) is 18.6 Å². The topological polar surface area (TPSA) is 65.1 Å². The summed E-state index contributed by atoms with van der Waals surface area (Å²) in [5.41, 5.74) is 1.15. The summed E-state index contributed by atoms with van der Waals surface area (Å²) < 4.78 is 15.1. The Labute approximate surface area is 150 Å². The zero-order chi connectivity index (χ0) is 17.8. The Kier molecular flexibility index (Phi) is 3.92. The first-order valence-corrected chi connectivity index (χ1v) is 11.5. The summed E-state index contributed by atoms with van der Waals surface area (Å²) in [7, 11) is 0.00275. The van der Waals surface area contributed by atoms with E-state index in [-0.39, 0.29) is 5.41 Å². The van der Waals surface area contributed by atoms with Gasteiger partial charge in [-0.3, -0.25) is 4.21 Å². The van der Waals surface area contributed by atoms with Gasteiger partial charge in [0.05, 0.1) is 5.39 Å². The van der Waals surface area contributed by atoms with Crippen LogP contribution in [0.2, 0.25) is 0 Å². The fourth-order valence-electron chi connectivity index (χ4n) is 4.76. The lowest BCUT2D eigenvalue weighted by Crippen LogP contribution is -2.39. The fraction of sp³-hybridized carbons (Fsp3) is 0.667. The molecule has 1 N–H and O–H groups in total. The molecular weight excluding hydrogens is 334 g/mol. The van der Waals surface area contributed by atoms with Crippen LogP contribution in [0.1, 0.15) is 26.7 Å². The van der Waals surface area contributed by atoms with Crippen molar-refractivity contribution in [3.63, 3.8) is 0 Å². The lowest BCUT2D eigenvalue weighted by molar-refractivity contribution is 0.297. The van der Waals surface area contributed by atoms with E-state index in [1.807, 2.05) is 19.4 Å². The standard InChI is InChI=1S/C18H29N5OS/c1-5-25(4,24)23-10-13-8-14(9-18(13,2)11-23)22(3)17-15-6-7-19-16(15)20-12-21-17/h6-7,12-14,25H,5,8-11H2,1-4H3,(H,19,20,21)/t13-,14-,18+/m1/s1. The minimum absolute atomic E-state index is 0.254. The number of fused-ring (bicyclic) bond motifs is 2. The van der Waals surface area contributed by atoms with Gasteiger partial charge in [-0.05, 0) is 30.2 Å². The van der Waals surface area contributed by atoms with Crippen LogP contribution in [-0.4, -0.2) is 61.7 Å². The van der Waals surface area contributed by atoms with Gasteiger partial charge in [-0.25, -0.2) is 14.3 Å². The maximum Gasteiger partial charge on any atom is 0.142 e. The summed E-state index contributed by atoms with van der Waals surface area (Å²) >= 11 is 0. The largest absolute Gasteiger partial charge is 0.356 e. The highest BCUT2D eigenvalue weighted by molar-refractivity contribution is 8.00. The first-order chi connectivity index (χ1) is 11.8. The van der Waals surface area contributed by atoms with Gasteiger partial charge in [-0.15, -0.1) is 0 Å². The molecule has 6 nitrogen and oxygen atoms in total. The third kappa shape index (κ3) is 2.68. The minimum atomic E-state index is -2.15. The zero-order valence-corrected chi connectivity index (χ0v) is 16.5. The number of hydrogen-bond donors (Lipinski definition) is 2. The fourth-order valence-corrected chi connectivity index (χ4v) is 6.32. The summed E-state index contributed by atoms with van der Waals surface area (Å²) in [6.07, 6.45) is 7.78. The van der Waals surface area contributed by atoms with Crippen LogP contribution in [0.4, 0.5) is 5.82 Å². The van der Waals surface area contributed by atoms with E-state index in [4.69, 9.17) is 0 Å². The van der Waals surface area contributed by atoms with E-state index in [1.165, 1.54) is 0 Å². The molecule has 4 rings (SSSR count). The molecule has 0 amide bonds. The molecule has 1 saturated carbocycles. The van der Waals surface area contributed by atoms with Gasteiger partial charge in [0.1, 0.15) is 17.8 Å². The second-order valence-electron chi connectivity index (χ2n) is 8.21. The van der Waals surface area contributed by atoms with Crippen LogP contribution < -0.4 is 4.90 Å². The number of thiol groups is 1. The van der Waals surface area contributed by atoms with Gasteiger partial charge in [0.15, 0.2) is 0 Å². The van der Waals surface area contributed by atoms with Gasteiger partial charge >= 0.3 is 0 Å². The molecule has 7 heteroatoms. The summed E-state index contributed by atoms with van der Waals surface area (Å²) in [5, 5.41) is 1.08. The van der Waals surface area contributed by atoms with E-state index in [0.717, 1.165) is 48.5 Å². The van der Waals surface area contributed by atoms with Crippen LogP contribution in [0.25, 0.3) is 11.0 Å². The number of nitrogens with zero attached hydrogens (tertiary/aromatic N) is 4. The Balaban J connectivity index is 1.54. The first-order valence-electron chi connectivity index (χ1n) is 9.17. The Bertz CT molecular complexity index is 836. The highest BCUT2D eigenvalue weighted by Crippen LogP contribution is 2.51. The summed E-state index contributed by atoms with van der Waals surface area (Å²) in [4.78, 5) is 14.3. The highest BCUT2D eigenvalue weighted by atomic mass is 32.3. The third-order valence-electron chi connectivity index (χ3n) is 6.62. The highest BCUT2D eigenvalue weighted by Gasteiger charge is 2.52. The molecule has 1 aliphatic heterocycles. The molecule has 2 aromatic heterocycles. The molecule has 0 unspecified atom stereocenters. The second-order valence-corrected chi connectivity index (χ2v) is 11.5. The van der Waals surface area contributed by atoms with E-state index in [0.29, 0.717) is 12.0 Å². The molecule has 3 heterocycles. The summed E-state index contributed by atoms with van der Waals surface area (Å²) in [6.45, 7) is 6.37. The predicted octanol–water partition coefficient (Wildman–Crippen LogP) is 2.08. The van der Waals surface area contributed by atoms with E-state index in [2.05, 4.69) is 44.2 Å². The zero-order valence-electron chi connectivity index (χ0n) is 15.6. The Morgan fingerprint density at radius 2 is 2.28 bits per heavy atom. The molecule has 1 saturated heterocycles. The summed E-state index contributed by atoms with van der Waals surface area (Å²) in [6, 6.07) is 2.53. The van der Waals surface area contributed by atoms with Crippen molar-refractivity contribution >= 4 is 27.0 Å². The number of hydrogen-bond acceptors (Lipinski definition) is 4. The smallest absolute Gasteiger partial charge is 0.142 e. The molecule has 2 aliphatic rings. The normalized spacial score (nSPS) is 30.7. The number of anilines is 1. The van der Waals surface area contributed by atoms with Crippen molar-refractivity contribution in [1.29, 1.82) is 0 Å². The Hall–Kier alpha value is -1.47. The third-order valence-corrected chi connectivity index (χ3v) is 9.29. The number of H-pyrrole nitrogens is 1. The average Bonchev–Trinajstić information content (AvgIpc) is 3.25. The van der Waals surface area contributed by atoms with Crippen LogP contribution >= 0.6 is 0 Å². The van der Waals surface area contributed by atoms with Gasteiger partial charge in [0, 0.05) is 44.4 Å². The van der Waals surface area contributed by atoms with Crippen molar-refractivity contribution in [2.75, 3.05) is 37.0 Å². The van der Waals surface area contributed by atoms with Gasteiger partial charge in [0.2, 0.25) is 0 Å².